The Morgan fingerprint density at radius 1 is 1.00 bits per heavy atom. The van der Waals surface area contributed by atoms with E-state index in [1.807, 2.05) is 13.8 Å². The number of rotatable bonds is 8. The molecule has 0 aliphatic heterocycles. The molecule has 0 aliphatic carbocycles. The summed E-state index contributed by atoms with van der Waals surface area (Å²) in [7, 11) is 0. The summed E-state index contributed by atoms with van der Waals surface area (Å²) in [5.41, 5.74) is 0.990. The fourth-order valence-corrected chi connectivity index (χ4v) is 1.42. The molecule has 0 amide bonds. The Morgan fingerprint density at radius 2 is 1.54 bits per heavy atom. The molecule has 0 spiro atoms. The summed E-state index contributed by atoms with van der Waals surface area (Å²) in [4.78, 5) is 0. The second kappa shape index (κ2) is 7.34. The number of hydrogen-bond donors (Lipinski definition) is 1. The van der Waals surface area contributed by atoms with Crippen molar-refractivity contribution in [1.82, 2.24) is 0 Å². The minimum atomic E-state index is -0.0925. The molecule has 2 nitrogen and oxygen atoms in total. The maximum atomic E-state index is 10.6. The summed E-state index contributed by atoms with van der Waals surface area (Å²) in [6, 6.07) is 0. The second-order valence-electron chi connectivity index (χ2n) is 4.62. The summed E-state index contributed by atoms with van der Waals surface area (Å²) in [5, 5.41) is 10.6. The summed E-state index contributed by atoms with van der Waals surface area (Å²) in [6.45, 7) is 6.27. The summed E-state index contributed by atoms with van der Waals surface area (Å²) in [6.07, 6.45) is 8.90. The van der Waals surface area contributed by atoms with E-state index in [1.165, 1.54) is 38.5 Å². The smallest absolute Gasteiger partial charge is 0.0901 e. The van der Waals surface area contributed by atoms with Crippen molar-refractivity contribution in [2.75, 3.05) is 0 Å². The largest absolute Gasteiger partial charge is 0.635 e. The maximum Gasteiger partial charge on any atom is 0.0901 e. The van der Waals surface area contributed by atoms with Crippen molar-refractivity contribution in [3.8, 4) is 0 Å². The average molecular weight is 187 g/mol. The van der Waals surface area contributed by atoms with Gasteiger partial charge in [-0.2, -0.15) is 0 Å². The number of hydrogen-bond acceptors (Lipinski definition) is 1. The van der Waals surface area contributed by atoms with Crippen LogP contribution in [0.4, 0.5) is 0 Å². The first kappa shape index (κ1) is 12.9. The SMILES string of the molecule is CCCCCCCCC(C)(C)[NH2+][O-]. The van der Waals surface area contributed by atoms with Crippen LogP contribution in [-0.2, 0) is 0 Å². The molecular formula is C11H25NO. The van der Waals surface area contributed by atoms with E-state index in [1.54, 1.807) is 0 Å². The normalized spacial score (nSPS) is 12.0. The Hall–Kier alpha value is -0.0800. The van der Waals surface area contributed by atoms with Gasteiger partial charge in [0, 0.05) is 6.42 Å². The number of quaternary nitrogens is 1. The second-order valence-corrected chi connectivity index (χ2v) is 4.62. The highest BCUT2D eigenvalue weighted by Crippen LogP contribution is 2.11. The molecular weight excluding hydrogens is 162 g/mol. The fraction of sp³-hybridized carbons (Fsp3) is 1.00. The lowest BCUT2D eigenvalue weighted by Crippen LogP contribution is -2.89. The van der Waals surface area contributed by atoms with E-state index in [9.17, 15) is 5.21 Å². The third kappa shape index (κ3) is 8.26. The average Bonchev–Trinajstić information content (AvgIpc) is 2.11. The monoisotopic (exact) mass is 187 g/mol. The zero-order valence-electron chi connectivity index (χ0n) is 9.44. The van der Waals surface area contributed by atoms with Gasteiger partial charge in [-0.3, -0.25) is 0 Å². The first-order valence-electron chi connectivity index (χ1n) is 5.59. The van der Waals surface area contributed by atoms with Gasteiger partial charge in [0.05, 0.1) is 5.54 Å². The van der Waals surface area contributed by atoms with Crippen LogP contribution in [0.15, 0.2) is 0 Å². The molecule has 13 heavy (non-hydrogen) atoms. The van der Waals surface area contributed by atoms with Crippen molar-refractivity contribution >= 4 is 0 Å². The molecule has 0 bridgehead atoms. The topological polar surface area (TPSA) is 39.7 Å². The molecule has 2 heteroatoms. The van der Waals surface area contributed by atoms with Crippen molar-refractivity contribution in [1.29, 1.82) is 0 Å². The Kier molecular flexibility index (Phi) is 7.29. The van der Waals surface area contributed by atoms with Gasteiger partial charge in [-0.15, -0.1) is 0 Å². The third-order valence-corrected chi connectivity index (χ3v) is 2.49. The standard InChI is InChI=1S/C11H25NO/c1-4-5-6-7-8-9-10-11(2,3)12-13/h4-10,12H2,1-3H3. The van der Waals surface area contributed by atoms with Crippen LogP contribution in [0.5, 0.6) is 0 Å². The highest BCUT2D eigenvalue weighted by Gasteiger charge is 2.15. The molecule has 0 radical (unpaired) electrons. The Labute approximate surface area is 82.7 Å². The van der Waals surface area contributed by atoms with Gasteiger partial charge >= 0.3 is 0 Å². The van der Waals surface area contributed by atoms with Crippen LogP contribution in [0.2, 0.25) is 0 Å². The predicted molar refractivity (Wildman–Crippen MR) is 57.4 cm³/mol. The van der Waals surface area contributed by atoms with Crippen LogP contribution in [0, 0.1) is 5.21 Å². The minimum Gasteiger partial charge on any atom is -0.635 e. The van der Waals surface area contributed by atoms with Gasteiger partial charge in [-0.25, -0.2) is 0 Å². The summed E-state index contributed by atoms with van der Waals surface area (Å²) < 4.78 is 0. The summed E-state index contributed by atoms with van der Waals surface area (Å²) >= 11 is 0. The molecule has 2 N–H and O–H groups in total. The van der Waals surface area contributed by atoms with Gasteiger partial charge in [0.1, 0.15) is 0 Å². The predicted octanol–water partition coefficient (Wildman–Crippen LogP) is 2.58. The number of nitrogens with two attached hydrogens (primary N) is 1. The first-order chi connectivity index (χ1) is 6.12. The van der Waals surface area contributed by atoms with Gasteiger partial charge in [0.15, 0.2) is 0 Å². The van der Waals surface area contributed by atoms with Crippen molar-refractivity contribution < 1.29 is 5.48 Å². The van der Waals surface area contributed by atoms with E-state index >= 15 is 0 Å². The van der Waals surface area contributed by atoms with Crippen LogP contribution < -0.4 is 5.48 Å². The van der Waals surface area contributed by atoms with E-state index in [0.29, 0.717) is 0 Å². The molecule has 0 aliphatic rings. The van der Waals surface area contributed by atoms with E-state index in [2.05, 4.69) is 6.92 Å². The lowest BCUT2D eigenvalue weighted by atomic mass is 9.97. The van der Waals surface area contributed by atoms with Gasteiger partial charge in [-0.05, 0) is 20.3 Å². The molecule has 80 valence electrons. The quantitative estimate of drug-likeness (QED) is 0.460. The highest BCUT2D eigenvalue weighted by atomic mass is 16.5. The van der Waals surface area contributed by atoms with Crippen LogP contribution in [0.3, 0.4) is 0 Å². The van der Waals surface area contributed by atoms with Crippen molar-refractivity contribution in [2.45, 2.75) is 71.3 Å². The van der Waals surface area contributed by atoms with E-state index in [-0.39, 0.29) is 5.54 Å². The van der Waals surface area contributed by atoms with E-state index in [4.69, 9.17) is 0 Å². The molecule has 0 fully saturated rings. The zero-order valence-corrected chi connectivity index (χ0v) is 9.44. The molecule has 0 aromatic carbocycles. The Bertz CT molecular complexity index is 113. The first-order valence-corrected chi connectivity index (χ1v) is 5.59. The Balaban J connectivity index is 3.16. The molecule has 0 aromatic rings. The molecule has 0 rings (SSSR count). The molecule has 0 atom stereocenters. The number of hydroxylamine groups is 1. The lowest BCUT2D eigenvalue weighted by molar-refractivity contribution is -0.663. The zero-order chi connectivity index (χ0) is 10.2. The molecule has 0 unspecified atom stereocenters. The van der Waals surface area contributed by atoms with Gasteiger partial charge < -0.3 is 10.7 Å². The Morgan fingerprint density at radius 3 is 2.08 bits per heavy atom. The van der Waals surface area contributed by atoms with Crippen molar-refractivity contribution in [2.24, 2.45) is 0 Å². The minimum absolute atomic E-state index is 0.0925. The van der Waals surface area contributed by atoms with Crippen LogP contribution in [0.1, 0.15) is 65.7 Å². The molecule has 0 aromatic heterocycles. The van der Waals surface area contributed by atoms with Gasteiger partial charge in [0.2, 0.25) is 0 Å². The number of unbranched alkanes of at least 4 members (excludes halogenated alkanes) is 5. The van der Waals surface area contributed by atoms with E-state index < -0.39 is 0 Å². The summed E-state index contributed by atoms with van der Waals surface area (Å²) in [5.74, 6) is 0. The van der Waals surface area contributed by atoms with Crippen LogP contribution >= 0.6 is 0 Å². The van der Waals surface area contributed by atoms with Crippen molar-refractivity contribution in [3.05, 3.63) is 5.21 Å². The van der Waals surface area contributed by atoms with Crippen molar-refractivity contribution in [3.63, 3.8) is 0 Å². The highest BCUT2D eigenvalue weighted by molar-refractivity contribution is 4.64. The third-order valence-electron chi connectivity index (χ3n) is 2.49. The molecule has 0 saturated heterocycles. The molecule has 0 heterocycles. The van der Waals surface area contributed by atoms with E-state index in [0.717, 1.165) is 11.9 Å². The molecule has 0 saturated carbocycles. The lowest BCUT2D eigenvalue weighted by Gasteiger charge is -2.24. The van der Waals surface area contributed by atoms with Crippen LogP contribution in [-0.4, -0.2) is 5.54 Å². The van der Waals surface area contributed by atoms with Gasteiger partial charge in [0.25, 0.3) is 0 Å². The van der Waals surface area contributed by atoms with Gasteiger partial charge in [-0.1, -0.05) is 39.0 Å². The fourth-order valence-electron chi connectivity index (χ4n) is 1.42. The van der Waals surface area contributed by atoms with Crippen LogP contribution in [0.25, 0.3) is 0 Å². The maximum absolute atomic E-state index is 10.6.